The van der Waals surface area contributed by atoms with Crippen molar-refractivity contribution in [2.45, 2.75) is 19.6 Å². The molecule has 0 aliphatic rings. The lowest BCUT2D eigenvalue weighted by Crippen LogP contribution is -2.23. The summed E-state index contributed by atoms with van der Waals surface area (Å²) in [5, 5.41) is 9.91. The summed E-state index contributed by atoms with van der Waals surface area (Å²) in [6, 6.07) is 7.58. The van der Waals surface area contributed by atoms with E-state index in [-0.39, 0.29) is 6.61 Å². The normalized spacial score (nSPS) is 12.4. The van der Waals surface area contributed by atoms with Gasteiger partial charge in [-0.25, -0.2) is 4.98 Å². The predicted octanol–water partition coefficient (Wildman–Crippen LogP) is 2.39. The molecule has 0 fully saturated rings. The van der Waals surface area contributed by atoms with E-state index in [0.717, 1.165) is 16.0 Å². The molecule has 5 heteroatoms. The molecular formula is C13H15BrN2O2. The first-order chi connectivity index (χ1) is 8.66. The molecule has 2 aromatic rings. The van der Waals surface area contributed by atoms with Crippen LogP contribution in [0.4, 0.5) is 0 Å². The Morgan fingerprint density at radius 3 is 2.89 bits per heavy atom. The summed E-state index contributed by atoms with van der Waals surface area (Å²) in [7, 11) is 0. The number of aryl methyl sites for hydroxylation is 1. The number of halogens is 1. The van der Waals surface area contributed by atoms with E-state index < -0.39 is 6.10 Å². The van der Waals surface area contributed by atoms with Gasteiger partial charge in [-0.05, 0) is 35.0 Å². The van der Waals surface area contributed by atoms with E-state index in [2.05, 4.69) is 20.9 Å². The van der Waals surface area contributed by atoms with Gasteiger partial charge in [-0.2, -0.15) is 0 Å². The van der Waals surface area contributed by atoms with Crippen LogP contribution in [0.1, 0.15) is 5.82 Å². The minimum atomic E-state index is -0.565. The fourth-order valence-corrected chi connectivity index (χ4v) is 2.02. The van der Waals surface area contributed by atoms with E-state index >= 15 is 0 Å². The van der Waals surface area contributed by atoms with Crippen molar-refractivity contribution >= 4 is 15.9 Å². The summed E-state index contributed by atoms with van der Waals surface area (Å²) in [6.45, 7) is 2.64. The van der Waals surface area contributed by atoms with Crippen LogP contribution in [0.5, 0.6) is 5.75 Å². The largest absolute Gasteiger partial charge is 0.490 e. The Labute approximate surface area is 114 Å². The molecule has 0 radical (unpaired) electrons. The van der Waals surface area contributed by atoms with E-state index in [1.54, 1.807) is 6.20 Å². The maximum Gasteiger partial charge on any atom is 0.133 e. The van der Waals surface area contributed by atoms with Crippen LogP contribution in [-0.2, 0) is 6.54 Å². The smallest absolute Gasteiger partial charge is 0.133 e. The SMILES string of the molecule is Cc1nccn1CC(O)COc1ccccc1Br. The maximum absolute atomic E-state index is 9.91. The average Bonchev–Trinajstić information content (AvgIpc) is 2.74. The number of hydrogen-bond donors (Lipinski definition) is 1. The molecule has 1 N–H and O–H groups in total. The third kappa shape index (κ3) is 3.34. The third-order valence-electron chi connectivity index (χ3n) is 2.60. The van der Waals surface area contributed by atoms with Gasteiger partial charge in [0.25, 0.3) is 0 Å². The number of ether oxygens (including phenoxy) is 1. The van der Waals surface area contributed by atoms with Gasteiger partial charge in [0.1, 0.15) is 24.3 Å². The number of aliphatic hydroxyl groups excluding tert-OH is 1. The molecule has 1 aromatic heterocycles. The lowest BCUT2D eigenvalue weighted by Gasteiger charge is -2.14. The lowest BCUT2D eigenvalue weighted by atomic mass is 10.3. The number of hydrogen-bond acceptors (Lipinski definition) is 3. The maximum atomic E-state index is 9.91. The molecule has 2 rings (SSSR count). The summed E-state index contributed by atoms with van der Waals surface area (Å²) in [6.07, 6.45) is 3.00. The second-order valence-corrected chi connectivity index (χ2v) is 4.88. The van der Waals surface area contributed by atoms with Crippen LogP contribution in [0.25, 0.3) is 0 Å². The number of rotatable bonds is 5. The highest BCUT2D eigenvalue weighted by atomic mass is 79.9. The highest BCUT2D eigenvalue weighted by molar-refractivity contribution is 9.10. The van der Waals surface area contributed by atoms with E-state index in [9.17, 15) is 5.11 Å². The second-order valence-electron chi connectivity index (χ2n) is 4.02. The van der Waals surface area contributed by atoms with Gasteiger partial charge >= 0.3 is 0 Å². The van der Waals surface area contributed by atoms with Crippen LogP contribution in [0, 0.1) is 6.92 Å². The summed E-state index contributed by atoms with van der Waals surface area (Å²) in [4.78, 5) is 4.11. The fourth-order valence-electron chi connectivity index (χ4n) is 1.62. The Kier molecular flexibility index (Phi) is 4.38. The van der Waals surface area contributed by atoms with Crippen LogP contribution in [-0.4, -0.2) is 27.4 Å². The first-order valence-corrected chi connectivity index (χ1v) is 6.49. The standard InChI is InChI=1S/C13H15BrN2O2/c1-10-15-6-7-16(10)8-11(17)9-18-13-5-3-2-4-12(13)14/h2-7,11,17H,8-9H2,1H3. The number of para-hydroxylation sites is 1. The van der Waals surface area contributed by atoms with Crippen molar-refractivity contribution in [3.8, 4) is 5.75 Å². The lowest BCUT2D eigenvalue weighted by molar-refractivity contribution is 0.0916. The molecule has 0 aliphatic carbocycles. The first-order valence-electron chi connectivity index (χ1n) is 5.70. The van der Waals surface area contributed by atoms with E-state index in [4.69, 9.17) is 4.74 Å². The van der Waals surface area contributed by atoms with Crippen molar-refractivity contribution in [3.63, 3.8) is 0 Å². The molecule has 96 valence electrons. The summed E-state index contributed by atoms with van der Waals surface area (Å²) in [5.74, 6) is 1.62. The number of aliphatic hydroxyl groups is 1. The monoisotopic (exact) mass is 310 g/mol. The minimum Gasteiger partial charge on any atom is -0.490 e. The molecule has 0 saturated carbocycles. The average molecular weight is 311 g/mol. The quantitative estimate of drug-likeness (QED) is 0.922. The molecule has 1 unspecified atom stereocenters. The highest BCUT2D eigenvalue weighted by Gasteiger charge is 2.09. The van der Waals surface area contributed by atoms with Crippen LogP contribution in [0.3, 0.4) is 0 Å². The van der Waals surface area contributed by atoms with E-state index in [1.807, 2.05) is 42.0 Å². The fraction of sp³-hybridized carbons (Fsp3) is 0.308. The van der Waals surface area contributed by atoms with Gasteiger partial charge in [0.05, 0.1) is 11.0 Å². The molecule has 0 aliphatic heterocycles. The second kappa shape index (κ2) is 6.02. The minimum absolute atomic E-state index is 0.250. The summed E-state index contributed by atoms with van der Waals surface area (Å²) in [5.41, 5.74) is 0. The highest BCUT2D eigenvalue weighted by Crippen LogP contribution is 2.23. The molecule has 18 heavy (non-hydrogen) atoms. The molecule has 4 nitrogen and oxygen atoms in total. The van der Waals surface area contributed by atoms with Crippen molar-refractivity contribution in [1.29, 1.82) is 0 Å². The van der Waals surface area contributed by atoms with Crippen LogP contribution < -0.4 is 4.74 Å². The van der Waals surface area contributed by atoms with E-state index in [0.29, 0.717) is 6.54 Å². The van der Waals surface area contributed by atoms with Crippen LogP contribution in [0.15, 0.2) is 41.1 Å². The van der Waals surface area contributed by atoms with Gasteiger partial charge in [-0.15, -0.1) is 0 Å². The molecular weight excluding hydrogens is 296 g/mol. The van der Waals surface area contributed by atoms with Gasteiger partial charge in [-0.1, -0.05) is 12.1 Å². The van der Waals surface area contributed by atoms with Crippen molar-refractivity contribution in [3.05, 3.63) is 47.0 Å². The Hall–Kier alpha value is -1.33. The number of imidazole rings is 1. The van der Waals surface area contributed by atoms with Crippen molar-refractivity contribution in [2.24, 2.45) is 0 Å². The van der Waals surface area contributed by atoms with Gasteiger partial charge in [0, 0.05) is 12.4 Å². The van der Waals surface area contributed by atoms with Gasteiger partial charge in [0.15, 0.2) is 0 Å². The van der Waals surface area contributed by atoms with Gasteiger partial charge < -0.3 is 14.4 Å². The van der Waals surface area contributed by atoms with Crippen molar-refractivity contribution in [1.82, 2.24) is 9.55 Å². The number of nitrogens with zero attached hydrogens (tertiary/aromatic N) is 2. The molecule has 1 heterocycles. The Balaban J connectivity index is 1.87. The predicted molar refractivity (Wildman–Crippen MR) is 72.6 cm³/mol. The molecule has 0 bridgehead atoms. The zero-order chi connectivity index (χ0) is 13.0. The summed E-state index contributed by atoms with van der Waals surface area (Å²) < 4.78 is 8.34. The number of aromatic nitrogens is 2. The zero-order valence-corrected chi connectivity index (χ0v) is 11.7. The van der Waals surface area contributed by atoms with Crippen LogP contribution in [0.2, 0.25) is 0 Å². The van der Waals surface area contributed by atoms with Gasteiger partial charge in [0.2, 0.25) is 0 Å². The first kappa shape index (κ1) is 13.1. The molecule has 1 atom stereocenters. The Morgan fingerprint density at radius 2 is 2.22 bits per heavy atom. The van der Waals surface area contributed by atoms with Crippen molar-refractivity contribution < 1.29 is 9.84 Å². The topological polar surface area (TPSA) is 47.3 Å². The summed E-state index contributed by atoms with van der Waals surface area (Å²) >= 11 is 3.40. The molecule has 0 saturated heterocycles. The zero-order valence-electron chi connectivity index (χ0n) is 10.1. The van der Waals surface area contributed by atoms with Crippen LogP contribution >= 0.6 is 15.9 Å². The van der Waals surface area contributed by atoms with Gasteiger partial charge in [-0.3, -0.25) is 0 Å². The molecule has 1 aromatic carbocycles. The Morgan fingerprint density at radius 1 is 1.44 bits per heavy atom. The molecule has 0 spiro atoms. The van der Waals surface area contributed by atoms with Crippen molar-refractivity contribution in [2.75, 3.05) is 6.61 Å². The van der Waals surface area contributed by atoms with E-state index in [1.165, 1.54) is 0 Å². The Bertz CT molecular complexity index is 513. The number of benzene rings is 1. The third-order valence-corrected chi connectivity index (χ3v) is 3.25. The molecule has 0 amide bonds.